The fourth-order valence-electron chi connectivity index (χ4n) is 3.26. The molecule has 0 saturated heterocycles. The highest BCUT2D eigenvalue weighted by Crippen LogP contribution is 2.23. The number of hydrogen-bond donors (Lipinski definition) is 2. The van der Waals surface area contributed by atoms with Crippen LogP contribution in [0.15, 0.2) is 41.5 Å². The highest BCUT2D eigenvalue weighted by atomic mass is 32.1. The molecule has 2 aromatic carbocycles. The van der Waals surface area contributed by atoms with Gasteiger partial charge < -0.3 is 5.73 Å². The summed E-state index contributed by atoms with van der Waals surface area (Å²) in [5.41, 5.74) is 11.2. The van der Waals surface area contributed by atoms with Crippen molar-refractivity contribution in [3.63, 3.8) is 0 Å². The molecule has 8 nitrogen and oxygen atoms in total. The highest BCUT2D eigenvalue weighted by molar-refractivity contribution is 7.00. The van der Waals surface area contributed by atoms with Crippen molar-refractivity contribution in [3.05, 3.63) is 47.5 Å². The number of aromatic nitrogens is 4. The standard InChI is InChI=1S/C18H15N7OS/c19-18-12-9-11(2-4-14(12)20-21-18)13-5-6-25(22-13)17(26)8-10-1-3-15-16(7-10)24-27-23-15/h1-4,7,9H,5-6,8H2,(H3,19,20,21). The van der Waals surface area contributed by atoms with Crippen molar-refractivity contribution in [1.82, 2.24) is 24.0 Å². The zero-order valence-corrected chi connectivity index (χ0v) is 15.0. The molecule has 1 aliphatic heterocycles. The van der Waals surface area contributed by atoms with E-state index in [1.54, 1.807) is 5.01 Å². The van der Waals surface area contributed by atoms with Crippen LogP contribution in [-0.4, -0.2) is 42.1 Å². The van der Waals surface area contributed by atoms with E-state index in [0.717, 1.165) is 38.8 Å². The number of benzene rings is 2. The lowest BCUT2D eigenvalue weighted by molar-refractivity contribution is -0.130. The van der Waals surface area contributed by atoms with Gasteiger partial charge in [0.15, 0.2) is 5.82 Å². The minimum atomic E-state index is -0.0311. The third kappa shape index (κ3) is 2.81. The average molecular weight is 377 g/mol. The summed E-state index contributed by atoms with van der Waals surface area (Å²) in [6.45, 7) is 0.577. The van der Waals surface area contributed by atoms with E-state index in [1.165, 1.54) is 11.7 Å². The predicted molar refractivity (Wildman–Crippen MR) is 104 cm³/mol. The van der Waals surface area contributed by atoms with Gasteiger partial charge in [-0.15, -0.1) is 0 Å². The van der Waals surface area contributed by atoms with Gasteiger partial charge in [-0.1, -0.05) is 12.1 Å². The maximum absolute atomic E-state index is 12.6. The van der Waals surface area contributed by atoms with Gasteiger partial charge >= 0.3 is 0 Å². The van der Waals surface area contributed by atoms with Gasteiger partial charge in [0.1, 0.15) is 11.0 Å². The second-order valence-electron chi connectivity index (χ2n) is 6.45. The number of amides is 1. The first-order chi connectivity index (χ1) is 13.2. The molecular weight excluding hydrogens is 362 g/mol. The minimum absolute atomic E-state index is 0.0311. The maximum Gasteiger partial charge on any atom is 0.247 e. The molecule has 27 heavy (non-hydrogen) atoms. The number of carbonyl (C=O) groups is 1. The van der Waals surface area contributed by atoms with Crippen molar-refractivity contribution in [1.29, 1.82) is 0 Å². The number of H-pyrrole nitrogens is 1. The normalized spacial score (nSPS) is 14.2. The molecule has 0 radical (unpaired) electrons. The first kappa shape index (κ1) is 15.9. The molecule has 0 aliphatic carbocycles. The van der Waals surface area contributed by atoms with E-state index in [2.05, 4.69) is 24.0 Å². The molecule has 3 N–H and O–H groups in total. The third-order valence-corrected chi connectivity index (χ3v) is 5.25. The number of nitrogens with one attached hydrogen (secondary N) is 1. The molecular formula is C18H15N7OS. The first-order valence-corrected chi connectivity index (χ1v) is 9.23. The number of hydrogen-bond acceptors (Lipinski definition) is 7. The van der Waals surface area contributed by atoms with E-state index in [1.807, 2.05) is 36.4 Å². The number of rotatable bonds is 3. The average Bonchev–Trinajstić information content (AvgIpc) is 3.41. The molecule has 5 rings (SSSR count). The highest BCUT2D eigenvalue weighted by Gasteiger charge is 2.22. The number of anilines is 1. The van der Waals surface area contributed by atoms with Crippen LogP contribution in [-0.2, 0) is 11.2 Å². The topological polar surface area (TPSA) is 113 Å². The van der Waals surface area contributed by atoms with Gasteiger partial charge in [0.25, 0.3) is 0 Å². The summed E-state index contributed by atoms with van der Waals surface area (Å²) in [4.78, 5) is 12.6. The van der Waals surface area contributed by atoms with Crippen molar-refractivity contribution in [2.75, 3.05) is 12.3 Å². The summed E-state index contributed by atoms with van der Waals surface area (Å²) < 4.78 is 8.41. The quantitative estimate of drug-likeness (QED) is 0.569. The van der Waals surface area contributed by atoms with Crippen LogP contribution in [0.2, 0.25) is 0 Å². The Balaban J connectivity index is 1.36. The number of hydrazone groups is 1. The molecule has 0 spiro atoms. The Morgan fingerprint density at radius 3 is 3.00 bits per heavy atom. The molecule has 1 amide bonds. The second-order valence-corrected chi connectivity index (χ2v) is 6.98. The van der Waals surface area contributed by atoms with E-state index >= 15 is 0 Å². The molecule has 0 atom stereocenters. The predicted octanol–water partition coefficient (Wildman–Crippen LogP) is 2.33. The van der Waals surface area contributed by atoms with Crippen molar-refractivity contribution in [3.8, 4) is 0 Å². The lowest BCUT2D eigenvalue weighted by Gasteiger charge is -2.11. The Hall–Kier alpha value is -3.33. The van der Waals surface area contributed by atoms with Gasteiger partial charge in [0.05, 0.1) is 35.9 Å². The number of nitrogens with zero attached hydrogens (tertiary/aromatic N) is 5. The second kappa shape index (κ2) is 6.13. The lowest BCUT2D eigenvalue weighted by Crippen LogP contribution is -2.25. The van der Waals surface area contributed by atoms with E-state index < -0.39 is 0 Å². The molecule has 3 heterocycles. The van der Waals surface area contributed by atoms with Crippen LogP contribution in [0.3, 0.4) is 0 Å². The number of fused-ring (bicyclic) bond motifs is 2. The molecule has 134 valence electrons. The maximum atomic E-state index is 12.6. The fourth-order valence-corrected chi connectivity index (χ4v) is 3.77. The lowest BCUT2D eigenvalue weighted by atomic mass is 10.1. The molecule has 0 bridgehead atoms. The van der Waals surface area contributed by atoms with Gasteiger partial charge in [-0.05, 0) is 35.4 Å². The Morgan fingerprint density at radius 1 is 1.19 bits per heavy atom. The number of aromatic amines is 1. The monoisotopic (exact) mass is 377 g/mol. The van der Waals surface area contributed by atoms with Crippen LogP contribution in [0, 0.1) is 0 Å². The van der Waals surface area contributed by atoms with E-state index in [9.17, 15) is 4.79 Å². The van der Waals surface area contributed by atoms with E-state index in [0.29, 0.717) is 18.8 Å². The Morgan fingerprint density at radius 2 is 2.07 bits per heavy atom. The van der Waals surface area contributed by atoms with Crippen molar-refractivity contribution >= 4 is 51.1 Å². The fraction of sp³-hybridized carbons (Fsp3) is 0.167. The van der Waals surface area contributed by atoms with Crippen LogP contribution in [0.25, 0.3) is 21.9 Å². The van der Waals surface area contributed by atoms with Gasteiger partial charge in [-0.3, -0.25) is 9.89 Å². The van der Waals surface area contributed by atoms with Crippen LogP contribution < -0.4 is 5.73 Å². The molecule has 0 unspecified atom stereocenters. The van der Waals surface area contributed by atoms with E-state index in [4.69, 9.17) is 5.73 Å². The van der Waals surface area contributed by atoms with Crippen LogP contribution in [0.1, 0.15) is 17.5 Å². The summed E-state index contributed by atoms with van der Waals surface area (Å²) in [6.07, 6.45) is 1.00. The molecule has 2 aromatic heterocycles. The smallest absolute Gasteiger partial charge is 0.247 e. The van der Waals surface area contributed by atoms with Gasteiger partial charge in [-0.25, -0.2) is 5.01 Å². The Bertz CT molecular complexity index is 1210. The zero-order valence-electron chi connectivity index (χ0n) is 14.2. The summed E-state index contributed by atoms with van der Waals surface area (Å²) in [6, 6.07) is 11.6. The number of nitrogen functional groups attached to an aromatic ring is 1. The first-order valence-electron chi connectivity index (χ1n) is 8.50. The largest absolute Gasteiger partial charge is 0.382 e. The summed E-state index contributed by atoms with van der Waals surface area (Å²) >= 11 is 1.17. The van der Waals surface area contributed by atoms with Crippen LogP contribution >= 0.6 is 11.7 Å². The minimum Gasteiger partial charge on any atom is -0.382 e. The Kier molecular flexibility index (Phi) is 3.61. The van der Waals surface area contributed by atoms with Crippen LogP contribution in [0.5, 0.6) is 0 Å². The summed E-state index contributed by atoms with van der Waals surface area (Å²) in [5, 5.41) is 13.8. The number of nitrogens with two attached hydrogens (primary N) is 1. The van der Waals surface area contributed by atoms with E-state index in [-0.39, 0.29) is 12.3 Å². The third-order valence-electron chi connectivity index (χ3n) is 4.69. The SMILES string of the molecule is Nc1n[nH]c2ccc(C3=NN(C(=O)Cc4ccc5nsnc5c4)CC3)cc12. The van der Waals surface area contributed by atoms with Crippen molar-refractivity contribution in [2.24, 2.45) is 5.10 Å². The molecule has 4 aromatic rings. The molecule has 1 aliphatic rings. The molecule has 0 fully saturated rings. The van der Waals surface area contributed by atoms with Crippen molar-refractivity contribution < 1.29 is 4.79 Å². The summed E-state index contributed by atoms with van der Waals surface area (Å²) in [5.74, 6) is 0.432. The van der Waals surface area contributed by atoms with Crippen molar-refractivity contribution in [2.45, 2.75) is 12.8 Å². The molecule has 9 heteroatoms. The zero-order chi connectivity index (χ0) is 18.4. The molecule has 0 saturated carbocycles. The van der Waals surface area contributed by atoms with Crippen LogP contribution in [0.4, 0.5) is 5.82 Å². The number of carbonyl (C=O) groups excluding carboxylic acids is 1. The summed E-state index contributed by atoms with van der Waals surface area (Å²) in [7, 11) is 0. The van der Waals surface area contributed by atoms with Gasteiger partial charge in [0.2, 0.25) is 5.91 Å². The Labute approximate surface area is 158 Å². The van der Waals surface area contributed by atoms with Gasteiger partial charge in [-0.2, -0.15) is 18.9 Å². The van der Waals surface area contributed by atoms with Gasteiger partial charge in [0, 0.05) is 11.8 Å².